The summed E-state index contributed by atoms with van der Waals surface area (Å²) in [4.78, 5) is 28.7. The van der Waals surface area contributed by atoms with Crippen LogP contribution < -0.4 is 5.32 Å². The molecule has 5 heteroatoms. The molecule has 30 heavy (non-hydrogen) atoms. The first-order valence-corrected chi connectivity index (χ1v) is 11.3. The van der Waals surface area contributed by atoms with Gasteiger partial charge in [0.2, 0.25) is 5.91 Å². The molecule has 4 nitrogen and oxygen atoms in total. The zero-order valence-electron chi connectivity index (χ0n) is 17.5. The second kappa shape index (κ2) is 8.81. The predicted octanol–water partition coefficient (Wildman–Crippen LogP) is 4.79. The quantitative estimate of drug-likeness (QED) is 0.750. The van der Waals surface area contributed by atoms with Crippen molar-refractivity contribution < 1.29 is 9.59 Å². The summed E-state index contributed by atoms with van der Waals surface area (Å²) >= 11 is 6.00. The smallest absolute Gasteiger partial charge is 0.255 e. The van der Waals surface area contributed by atoms with Crippen molar-refractivity contribution in [1.29, 1.82) is 0 Å². The third-order valence-electron chi connectivity index (χ3n) is 6.59. The van der Waals surface area contributed by atoms with Crippen LogP contribution in [0.5, 0.6) is 0 Å². The fraction of sp³-hybridized carbons (Fsp3) is 0.440. The maximum Gasteiger partial charge on any atom is 0.255 e. The van der Waals surface area contributed by atoms with Crippen LogP contribution in [-0.2, 0) is 17.6 Å². The van der Waals surface area contributed by atoms with Crippen LogP contribution >= 0.6 is 11.6 Å². The molecule has 2 aliphatic rings. The SMILES string of the molecule is C[C@@]1(C(=O)NC2CCCCC2)Cc2ccccc2C(=O)N1CCc1ccc(Cl)cc1. The summed E-state index contributed by atoms with van der Waals surface area (Å²) in [5.74, 6) is -0.0968. The topological polar surface area (TPSA) is 49.4 Å². The van der Waals surface area contributed by atoms with Crippen molar-refractivity contribution in [3.63, 3.8) is 0 Å². The molecule has 158 valence electrons. The standard InChI is InChI=1S/C25H29ClN2O2/c1-25(24(30)27-21-8-3-2-4-9-21)17-19-7-5-6-10-22(19)23(29)28(25)16-15-18-11-13-20(26)14-12-18/h5-7,10-14,21H,2-4,8-9,15-17H2,1H3,(H,27,30)/t25-/m0/s1. The summed E-state index contributed by atoms with van der Waals surface area (Å²) < 4.78 is 0. The van der Waals surface area contributed by atoms with E-state index < -0.39 is 5.54 Å². The molecule has 0 saturated heterocycles. The van der Waals surface area contributed by atoms with Crippen LogP contribution in [0.25, 0.3) is 0 Å². The number of carbonyl (C=O) groups excluding carboxylic acids is 2. The van der Waals surface area contributed by atoms with Gasteiger partial charge < -0.3 is 10.2 Å². The lowest BCUT2D eigenvalue weighted by molar-refractivity contribution is -0.132. The maximum atomic E-state index is 13.5. The molecule has 2 aromatic carbocycles. The number of nitrogens with one attached hydrogen (secondary N) is 1. The van der Waals surface area contributed by atoms with Crippen molar-refractivity contribution in [2.75, 3.05) is 6.54 Å². The summed E-state index contributed by atoms with van der Waals surface area (Å²) in [7, 11) is 0. The van der Waals surface area contributed by atoms with E-state index in [4.69, 9.17) is 11.6 Å². The lowest BCUT2D eigenvalue weighted by Gasteiger charge is -2.45. The third kappa shape index (κ3) is 4.24. The molecule has 4 rings (SSSR count). The first-order chi connectivity index (χ1) is 14.5. The van der Waals surface area contributed by atoms with Gasteiger partial charge in [0.05, 0.1) is 0 Å². The van der Waals surface area contributed by atoms with Gasteiger partial charge >= 0.3 is 0 Å². The van der Waals surface area contributed by atoms with Crippen molar-refractivity contribution >= 4 is 23.4 Å². The molecule has 1 aliphatic heterocycles. The molecule has 1 heterocycles. The van der Waals surface area contributed by atoms with E-state index in [0.717, 1.165) is 36.8 Å². The molecule has 0 radical (unpaired) electrons. The van der Waals surface area contributed by atoms with Crippen LogP contribution in [0.2, 0.25) is 5.02 Å². The van der Waals surface area contributed by atoms with Crippen LogP contribution in [0.1, 0.15) is 60.5 Å². The molecule has 1 aliphatic carbocycles. The molecule has 1 N–H and O–H groups in total. The number of hydrogen-bond acceptors (Lipinski definition) is 2. The lowest BCUT2D eigenvalue weighted by Crippen LogP contribution is -2.64. The minimum Gasteiger partial charge on any atom is -0.351 e. The van der Waals surface area contributed by atoms with Gasteiger partial charge in [-0.15, -0.1) is 0 Å². The van der Waals surface area contributed by atoms with Gasteiger partial charge in [0.1, 0.15) is 5.54 Å². The van der Waals surface area contributed by atoms with Crippen molar-refractivity contribution in [3.05, 3.63) is 70.2 Å². The van der Waals surface area contributed by atoms with Gasteiger partial charge in [-0.1, -0.05) is 61.2 Å². The van der Waals surface area contributed by atoms with Gasteiger partial charge in [0, 0.05) is 29.6 Å². The second-order valence-corrected chi connectivity index (χ2v) is 9.19. The summed E-state index contributed by atoms with van der Waals surface area (Å²) in [5.41, 5.74) is 1.86. The lowest BCUT2D eigenvalue weighted by atomic mass is 9.82. The van der Waals surface area contributed by atoms with E-state index in [1.54, 1.807) is 4.90 Å². The summed E-state index contributed by atoms with van der Waals surface area (Å²) in [6, 6.07) is 15.6. The third-order valence-corrected chi connectivity index (χ3v) is 6.84. The van der Waals surface area contributed by atoms with Gasteiger partial charge in [0.25, 0.3) is 5.91 Å². The van der Waals surface area contributed by atoms with E-state index in [1.165, 1.54) is 6.42 Å². The van der Waals surface area contributed by atoms with Crippen molar-refractivity contribution in [2.24, 2.45) is 0 Å². The molecule has 2 amide bonds. The van der Waals surface area contributed by atoms with Crippen molar-refractivity contribution in [1.82, 2.24) is 10.2 Å². The van der Waals surface area contributed by atoms with Gasteiger partial charge in [-0.3, -0.25) is 9.59 Å². The monoisotopic (exact) mass is 424 g/mol. The van der Waals surface area contributed by atoms with Crippen molar-refractivity contribution in [2.45, 2.75) is 63.5 Å². The number of nitrogens with zero attached hydrogens (tertiary/aromatic N) is 1. The molecular formula is C25H29ClN2O2. The minimum atomic E-state index is -0.894. The Morgan fingerprint density at radius 3 is 2.53 bits per heavy atom. The van der Waals surface area contributed by atoms with E-state index in [2.05, 4.69) is 5.32 Å². The molecular weight excluding hydrogens is 396 g/mol. The highest BCUT2D eigenvalue weighted by Gasteiger charge is 2.46. The normalized spacial score (nSPS) is 21.9. The molecule has 2 aromatic rings. The Morgan fingerprint density at radius 1 is 1.10 bits per heavy atom. The maximum absolute atomic E-state index is 13.5. The average Bonchev–Trinajstić information content (AvgIpc) is 2.75. The number of rotatable bonds is 5. The van der Waals surface area contributed by atoms with Gasteiger partial charge in [-0.2, -0.15) is 0 Å². The van der Waals surface area contributed by atoms with Crippen LogP contribution in [0.3, 0.4) is 0 Å². The predicted molar refractivity (Wildman–Crippen MR) is 120 cm³/mol. The number of amides is 2. The molecule has 1 fully saturated rings. The first-order valence-electron chi connectivity index (χ1n) is 10.9. The van der Waals surface area contributed by atoms with E-state index in [9.17, 15) is 9.59 Å². The summed E-state index contributed by atoms with van der Waals surface area (Å²) in [6.07, 6.45) is 6.82. The Balaban J connectivity index is 1.59. The molecule has 0 aromatic heterocycles. The van der Waals surface area contributed by atoms with Gasteiger partial charge in [-0.25, -0.2) is 0 Å². The fourth-order valence-electron chi connectivity index (χ4n) is 4.75. The second-order valence-electron chi connectivity index (χ2n) is 8.75. The number of halogens is 1. The van der Waals surface area contributed by atoms with Crippen molar-refractivity contribution in [3.8, 4) is 0 Å². The van der Waals surface area contributed by atoms with E-state index >= 15 is 0 Å². The molecule has 0 spiro atoms. The van der Waals surface area contributed by atoms with Crippen LogP contribution in [0, 0.1) is 0 Å². The Labute approximate surface area is 183 Å². The minimum absolute atomic E-state index is 0.0339. The molecule has 0 bridgehead atoms. The molecule has 1 atom stereocenters. The molecule has 0 unspecified atom stereocenters. The van der Waals surface area contributed by atoms with Gasteiger partial charge in [-0.05, 0) is 55.5 Å². The Bertz CT molecular complexity index is 921. The van der Waals surface area contributed by atoms with Crippen LogP contribution in [0.4, 0.5) is 0 Å². The molecule has 1 saturated carbocycles. The van der Waals surface area contributed by atoms with Gasteiger partial charge in [0.15, 0.2) is 0 Å². The van der Waals surface area contributed by atoms with Crippen LogP contribution in [-0.4, -0.2) is 34.8 Å². The Morgan fingerprint density at radius 2 is 1.80 bits per heavy atom. The Kier molecular flexibility index (Phi) is 6.14. The average molecular weight is 425 g/mol. The number of fused-ring (bicyclic) bond motifs is 1. The Hall–Kier alpha value is -2.33. The van der Waals surface area contributed by atoms with Crippen LogP contribution in [0.15, 0.2) is 48.5 Å². The summed E-state index contributed by atoms with van der Waals surface area (Å²) in [6.45, 7) is 2.41. The summed E-state index contributed by atoms with van der Waals surface area (Å²) in [5, 5.41) is 3.96. The highest BCUT2D eigenvalue weighted by atomic mass is 35.5. The van der Waals surface area contributed by atoms with E-state index in [1.807, 2.05) is 55.5 Å². The van der Waals surface area contributed by atoms with E-state index in [-0.39, 0.29) is 17.9 Å². The zero-order valence-corrected chi connectivity index (χ0v) is 18.3. The number of hydrogen-bond donors (Lipinski definition) is 1. The fourth-order valence-corrected chi connectivity index (χ4v) is 4.88. The number of carbonyl (C=O) groups is 2. The first kappa shape index (κ1) is 20.9. The van der Waals surface area contributed by atoms with E-state index in [0.29, 0.717) is 30.0 Å². The highest BCUT2D eigenvalue weighted by molar-refractivity contribution is 6.30. The highest BCUT2D eigenvalue weighted by Crippen LogP contribution is 2.32. The largest absolute Gasteiger partial charge is 0.351 e. The number of benzene rings is 2. The zero-order chi connectivity index (χ0) is 21.1.